The number of rotatable bonds is 6. The highest BCUT2D eigenvalue weighted by Crippen LogP contribution is 2.31. The third-order valence-electron chi connectivity index (χ3n) is 4.73. The van der Waals surface area contributed by atoms with Gasteiger partial charge in [-0.1, -0.05) is 24.9 Å². The Morgan fingerprint density at radius 2 is 2.12 bits per heavy atom. The van der Waals surface area contributed by atoms with Crippen LogP contribution in [0.3, 0.4) is 0 Å². The van der Waals surface area contributed by atoms with Crippen molar-refractivity contribution in [2.24, 2.45) is 5.92 Å². The van der Waals surface area contributed by atoms with Crippen LogP contribution in [0.2, 0.25) is 5.02 Å². The Balaban J connectivity index is 1.68. The highest BCUT2D eigenvalue weighted by atomic mass is 35.5. The molecular weight excluding hydrogens is 354 g/mol. The van der Waals surface area contributed by atoms with E-state index in [2.05, 4.69) is 21.8 Å². The monoisotopic (exact) mass is 377 g/mol. The van der Waals surface area contributed by atoms with Gasteiger partial charge in [-0.3, -0.25) is 4.79 Å². The molecule has 1 aliphatic rings. The summed E-state index contributed by atoms with van der Waals surface area (Å²) in [6.45, 7) is 3.60. The normalized spacial score (nSPS) is 15.3. The lowest BCUT2D eigenvalue weighted by atomic mass is 9.97. The van der Waals surface area contributed by atoms with Gasteiger partial charge in [0.25, 0.3) is 0 Å². The molecule has 0 aliphatic carbocycles. The van der Waals surface area contributed by atoms with E-state index >= 15 is 0 Å². The van der Waals surface area contributed by atoms with E-state index in [1.54, 1.807) is 12.4 Å². The molecule has 0 amide bonds. The number of nitrogens with zero attached hydrogens (tertiary/aromatic N) is 3. The Morgan fingerprint density at radius 1 is 1.35 bits per heavy atom. The topological polar surface area (TPSA) is 68.5 Å². The summed E-state index contributed by atoms with van der Waals surface area (Å²) in [6, 6.07) is 1.84. The molecule has 0 saturated carbocycles. The Labute approximate surface area is 158 Å². The molecule has 3 rings (SSSR count). The summed E-state index contributed by atoms with van der Waals surface area (Å²) >= 11 is 6.46. The van der Waals surface area contributed by atoms with Gasteiger partial charge < -0.3 is 14.1 Å². The molecule has 7 heteroatoms. The van der Waals surface area contributed by atoms with Gasteiger partial charge in [0.1, 0.15) is 11.6 Å². The number of piperidine rings is 1. The Kier molecular flexibility index (Phi) is 6.14. The van der Waals surface area contributed by atoms with Crippen molar-refractivity contribution in [1.29, 1.82) is 0 Å². The lowest BCUT2D eigenvalue weighted by Gasteiger charge is -2.32. The third-order valence-corrected chi connectivity index (χ3v) is 5.01. The maximum atomic E-state index is 11.6. The summed E-state index contributed by atoms with van der Waals surface area (Å²) in [5.41, 5.74) is 0.769. The van der Waals surface area contributed by atoms with Crippen LogP contribution >= 0.6 is 11.6 Å². The summed E-state index contributed by atoms with van der Waals surface area (Å²) in [7, 11) is 1.43. The van der Waals surface area contributed by atoms with E-state index < -0.39 is 0 Å². The molecule has 140 valence electrons. The minimum atomic E-state index is -0.137. The standard InChI is InChI=1S/C19H24ClN3O3/c1-3-4-5-15-12-22-18(26-15)14-10-16(20)17(21-11-14)23-8-6-13(7-9-23)19(24)25-2/h10-13H,3-9H2,1-2H3. The van der Waals surface area contributed by atoms with Crippen molar-refractivity contribution in [2.45, 2.75) is 39.0 Å². The lowest BCUT2D eigenvalue weighted by molar-refractivity contribution is -0.146. The molecule has 0 aromatic carbocycles. The van der Waals surface area contributed by atoms with Crippen LogP contribution in [-0.4, -0.2) is 36.1 Å². The molecule has 0 bridgehead atoms. The first-order chi connectivity index (χ1) is 12.6. The number of carbonyl (C=O) groups excluding carboxylic acids is 1. The van der Waals surface area contributed by atoms with Crippen LogP contribution < -0.4 is 4.90 Å². The molecule has 1 aliphatic heterocycles. The number of aromatic nitrogens is 2. The molecule has 1 saturated heterocycles. The van der Waals surface area contributed by atoms with Crippen molar-refractivity contribution >= 4 is 23.4 Å². The molecule has 0 N–H and O–H groups in total. The quantitative estimate of drug-likeness (QED) is 0.705. The second kappa shape index (κ2) is 8.54. The Bertz CT molecular complexity index is 754. The predicted octanol–water partition coefficient (Wildman–Crippen LogP) is 4.12. The van der Waals surface area contributed by atoms with Gasteiger partial charge in [0.05, 0.1) is 29.8 Å². The van der Waals surface area contributed by atoms with Gasteiger partial charge in [-0.25, -0.2) is 9.97 Å². The van der Waals surface area contributed by atoms with E-state index in [1.165, 1.54) is 7.11 Å². The predicted molar refractivity (Wildman–Crippen MR) is 100 cm³/mol. The molecular formula is C19H24ClN3O3. The van der Waals surface area contributed by atoms with E-state index in [0.717, 1.165) is 62.3 Å². The first-order valence-electron chi connectivity index (χ1n) is 9.05. The van der Waals surface area contributed by atoms with Crippen LogP contribution in [0.4, 0.5) is 5.82 Å². The summed E-state index contributed by atoms with van der Waals surface area (Å²) in [4.78, 5) is 22.6. The minimum Gasteiger partial charge on any atom is -0.469 e. The Hall–Kier alpha value is -2.08. The zero-order valence-electron chi connectivity index (χ0n) is 15.2. The van der Waals surface area contributed by atoms with Gasteiger partial charge in [0.15, 0.2) is 0 Å². The maximum Gasteiger partial charge on any atom is 0.308 e. The Morgan fingerprint density at radius 3 is 2.77 bits per heavy atom. The van der Waals surface area contributed by atoms with Gasteiger partial charge in [-0.15, -0.1) is 0 Å². The van der Waals surface area contributed by atoms with Crippen LogP contribution in [0.1, 0.15) is 38.4 Å². The van der Waals surface area contributed by atoms with Crippen LogP contribution in [0, 0.1) is 5.92 Å². The van der Waals surface area contributed by atoms with Gasteiger partial charge in [0, 0.05) is 25.7 Å². The molecule has 0 spiro atoms. The number of pyridine rings is 1. The highest BCUT2D eigenvalue weighted by Gasteiger charge is 2.27. The molecule has 0 unspecified atom stereocenters. The van der Waals surface area contributed by atoms with Crippen molar-refractivity contribution in [3.8, 4) is 11.5 Å². The maximum absolute atomic E-state index is 11.6. The van der Waals surface area contributed by atoms with Gasteiger partial charge in [-0.2, -0.15) is 0 Å². The zero-order chi connectivity index (χ0) is 18.5. The molecule has 1 fully saturated rings. The number of oxazole rings is 1. The van der Waals surface area contributed by atoms with E-state index in [-0.39, 0.29) is 11.9 Å². The molecule has 26 heavy (non-hydrogen) atoms. The average Bonchev–Trinajstić information content (AvgIpc) is 3.15. The number of esters is 1. The fourth-order valence-corrected chi connectivity index (χ4v) is 3.47. The van der Waals surface area contributed by atoms with Crippen LogP contribution in [-0.2, 0) is 16.0 Å². The van der Waals surface area contributed by atoms with Crippen molar-refractivity contribution in [3.05, 3.63) is 29.2 Å². The average molecular weight is 378 g/mol. The summed E-state index contributed by atoms with van der Waals surface area (Å²) < 4.78 is 10.6. The van der Waals surface area contributed by atoms with Crippen LogP contribution in [0.15, 0.2) is 22.9 Å². The van der Waals surface area contributed by atoms with Crippen LogP contribution in [0.5, 0.6) is 0 Å². The van der Waals surface area contributed by atoms with Crippen LogP contribution in [0.25, 0.3) is 11.5 Å². The van der Waals surface area contributed by atoms with E-state index in [1.807, 2.05) is 6.07 Å². The highest BCUT2D eigenvalue weighted by molar-refractivity contribution is 6.33. The van der Waals surface area contributed by atoms with E-state index in [9.17, 15) is 4.79 Å². The first kappa shape index (κ1) is 18.7. The number of ether oxygens (including phenoxy) is 1. The number of halogens is 1. The number of anilines is 1. The van der Waals surface area contributed by atoms with Crippen molar-refractivity contribution in [3.63, 3.8) is 0 Å². The molecule has 6 nitrogen and oxygen atoms in total. The summed E-state index contributed by atoms with van der Waals surface area (Å²) in [5.74, 6) is 1.98. The van der Waals surface area contributed by atoms with Crippen molar-refractivity contribution < 1.29 is 13.9 Å². The van der Waals surface area contributed by atoms with Gasteiger partial charge in [-0.05, 0) is 25.3 Å². The summed E-state index contributed by atoms with van der Waals surface area (Å²) in [6.07, 6.45) is 8.07. The number of unbranched alkanes of at least 4 members (excludes halogenated alkanes) is 1. The third kappa shape index (κ3) is 4.18. The molecule has 2 aromatic heterocycles. The van der Waals surface area contributed by atoms with Gasteiger partial charge in [0.2, 0.25) is 5.89 Å². The molecule has 0 atom stereocenters. The fourth-order valence-electron chi connectivity index (χ4n) is 3.18. The SMILES string of the molecule is CCCCc1cnc(-c2cnc(N3CCC(C(=O)OC)CC3)c(Cl)c2)o1. The van der Waals surface area contributed by atoms with E-state index in [0.29, 0.717) is 10.9 Å². The smallest absolute Gasteiger partial charge is 0.308 e. The summed E-state index contributed by atoms with van der Waals surface area (Å²) in [5, 5.41) is 0.562. The van der Waals surface area contributed by atoms with Gasteiger partial charge >= 0.3 is 5.97 Å². The number of hydrogen-bond donors (Lipinski definition) is 0. The number of methoxy groups -OCH3 is 1. The van der Waals surface area contributed by atoms with Crippen molar-refractivity contribution in [2.75, 3.05) is 25.1 Å². The second-order valence-electron chi connectivity index (χ2n) is 6.55. The largest absolute Gasteiger partial charge is 0.469 e. The second-order valence-corrected chi connectivity index (χ2v) is 6.96. The minimum absolute atomic E-state index is 0.0387. The molecule has 0 radical (unpaired) electrons. The lowest BCUT2D eigenvalue weighted by Crippen LogP contribution is -2.37. The molecule has 2 aromatic rings. The van der Waals surface area contributed by atoms with E-state index in [4.69, 9.17) is 20.8 Å². The fraction of sp³-hybridized carbons (Fsp3) is 0.526. The number of aryl methyl sites for hydroxylation is 1. The number of hydrogen-bond acceptors (Lipinski definition) is 6. The molecule has 3 heterocycles. The zero-order valence-corrected chi connectivity index (χ0v) is 16.0. The van der Waals surface area contributed by atoms with Crippen molar-refractivity contribution in [1.82, 2.24) is 9.97 Å². The first-order valence-corrected chi connectivity index (χ1v) is 9.43. The number of carbonyl (C=O) groups is 1.